The van der Waals surface area contributed by atoms with E-state index in [4.69, 9.17) is 5.73 Å². The maximum atomic E-state index is 11.7. The number of hydrogen-bond acceptors (Lipinski definition) is 3. The molecule has 3 heteroatoms. The van der Waals surface area contributed by atoms with Crippen molar-refractivity contribution in [3.8, 4) is 0 Å². The predicted octanol–water partition coefficient (Wildman–Crippen LogP) is 3.10. The van der Waals surface area contributed by atoms with Crippen LogP contribution in [0.3, 0.4) is 0 Å². The number of nitrogens with two attached hydrogens (primary N) is 1. The first kappa shape index (κ1) is 17.3. The van der Waals surface area contributed by atoms with Gasteiger partial charge >= 0.3 is 0 Å². The molecule has 0 saturated heterocycles. The highest BCUT2D eigenvalue weighted by Crippen LogP contribution is 2.20. The molecule has 0 heterocycles. The highest BCUT2D eigenvalue weighted by Gasteiger charge is 2.23. The lowest BCUT2D eigenvalue weighted by atomic mass is 9.85. The second-order valence-electron chi connectivity index (χ2n) is 7.18. The maximum Gasteiger partial charge on any atom is 0.138 e. The Bertz CT molecular complexity index is 265. The molecule has 0 fully saturated rings. The molecule has 0 aromatic heterocycles. The Morgan fingerprint density at radius 1 is 0.833 bits per heavy atom. The van der Waals surface area contributed by atoms with E-state index in [1.54, 1.807) is 0 Å². The summed E-state index contributed by atoms with van der Waals surface area (Å²) in [4.78, 5) is 23.5. The van der Waals surface area contributed by atoms with Crippen molar-refractivity contribution < 1.29 is 9.59 Å². The first-order valence-electron chi connectivity index (χ1n) is 6.77. The van der Waals surface area contributed by atoms with E-state index in [1.807, 2.05) is 41.5 Å². The average molecular weight is 255 g/mol. The van der Waals surface area contributed by atoms with Crippen LogP contribution in [0.4, 0.5) is 0 Å². The Morgan fingerprint density at radius 3 is 1.33 bits per heavy atom. The minimum atomic E-state index is -0.291. The van der Waals surface area contributed by atoms with Crippen LogP contribution in [0.1, 0.15) is 67.2 Å². The van der Waals surface area contributed by atoms with Crippen LogP contribution in [0.15, 0.2) is 0 Å². The van der Waals surface area contributed by atoms with Gasteiger partial charge in [-0.1, -0.05) is 41.5 Å². The molecular formula is C15H29NO2. The molecule has 106 valence electrons. The Kier molecular flexibility index (Phi) is 6.21. The topological polar surface area (TPSA) is 60.2 Å². The van der Waals surface area contributed by atoms with Crippen LogP contribution in [0.5, 0.6) is 0 Å². The van der Waals surface area contributed by atoms with E-state index in [2.05, 4.69) is 0 Å². The molecule has 0 aliphatic carbocycles. The van der Waals surface area contributed by atoms with Gasteiger partial charge < -0.3 is 5.73 Å². The van der Waals surface area contributed by atoms with E-state index in [0.717, 1.165) is 0 Å². The summed E-state index contributed by atoms with van der Waals surface area (Å²) < 4.78 is 0. The summed E-state index contributed by atoms with van der Waals surface area (Å²) in [6.45, 7) is 11.5. The van der Waals surface area contributed by atoms with Gasteiger partial charge in [-0.2, -0.15) is 0 Å². The zero-order chi connectivity index (χ0) is 14.6. The van der Waals surface area contributed by atoms with E-state index in [1.165, 1.54) is 0 Å². The van der Waals surface area contributed by atoms with Gasteiger partial charge in [0.15, 0.2) is 0 Å². The maximum absolute atomic E-state index is 11.7. The van der Waals surface area contributed by atoms with Crippen LogP contribution >= 0.6 is 0 Å². The first-order chi connectivity index (χ1) is 7.94. The van der Waals surface area contributed by atoms with Gasteiger partial charge in [-0.25, -0.2) is 0 Å². The highest BCUT2D eigenvalue weighted by molar-refractivity contribution is 5.84. The molecule has 2 N–H and O–H groups in total. The molecule has 0 rings (SSSR count). The summed E-state index contributed by atoms with van der Waals surface area (Å²) in [5, 5.41) is 0. The lowest BCUT2D eigenvalue weighted by Crippen LogP contribution is -2.28. The third kappa shape index (κ3) is 6.90. The van der Waals surface area contributed by atoms with Crippen molar-refractivity contribution in [2.45, 2.75) is 73.3 Å². The van der Waals surface area contributed by atoms with Crippen LogP contribution in [0, 0.1) is 10.8 Å². The molecule has 0 saturated carbocycles. The largest absolute Gasteiger partial charge is 0.328 e. The Morgan fingerprint density at radius 2 is 1.11 bits per heavy atom. The fourth-order valence-electron chi connectivity index (χ4n) is 1.53. The summed E-state index contributed by atoms with van der Waals surface area (Å²) in [7, 11) is 0. The Labute approximate surface area is 112 Å². The third-order valence-electron chi connectivity index (χ3n) is 3.16. The van der Waals surface area contributed by atoms with Crippen molar-refractivity contribution in [1.82, 2.24) is 0 Å². The normalized spacial score (nSPS) is 12.9. The fourth-order valence-corrected chi connectivity index (χ4v) is 1.53. The fraction of sp³-hybridized carbons (Fsp3) is 0.867. The molecule has 0 aliphatic heterocycles. The lowest BCUT2D eigenvalue weighted by molar-refractivity contribution is -0.126. The monoisotopic (exact) mass is 255 g/mol. The SMILES string of the molecule is CC(C)(C)C(=O)CCC(N)CCC(=O)C(C)(C)C. The molecule has 3 nitrogen and oxygen atoms in total. The summed E-state index contributed by atoms with van der Waals surface area (Å²) in [5.41, 5.74) is 5.37. The van der Waals surface area contributed by atoms with Crippen LogP contribution in [0.2, 0.25) is 0 Å². The summed E-state index contributed by atoms with van der Waals surface area (Å²) >= 11 is 0. The quantitative estimate of drug-likeness (QED) is 0.793. The van der Waals surface area contributed by atoms with Gasteiger partial charge in [-0.15, -0.1) is 0 Å². The number of hydrogen-bond donors (Lipinski definition) is 1. The van der Waals surface area contributed by atoms with E-state index < -0.39 is 0 Å². The Hall–Kier alpha value is -0.700. The minimum Gasteiger partial charge on any atom is -0.328 e. The molecule has 18 heavy (non-hydrogen) atoms. The molecule has 0 bridgehead atoms. The summed E-state index contributed by atoms with van der Waals surface area (Å²) in [6, 6.07) is -0.0531. The van der Waals surface area contributed by atoms with Gasteiger partial charge in [0.25, 0.3) is 0 Å². The number of ketones is 2. The smallest absolute Gasteiger partial charge is 0.138 e. The van der Waals surface area contributed by atoms with Crippen molar-refractivity contribution in [3.63, 3.8) is 0 Å². The number of carbonyl (C=O) groups is 2. The zero-order valence-electron chi connectivity index (χ0n) is 12.8. The number of carbonyl (C=O) groups excluding carboxylic acids is 2. The second kappa shape index (κ2) is 6.46. The first-order valence-corrected chi connectivity index (χ1v) is 6.77. The molecule has 0 aliphatic rings. The molecular weight excluding hydrogens is 226 g/mol. The van der Waals surface area contributed by atoms with Crippen LogP contribution in [-0.4, -0.2) is 17.6 Å². The average Bonchev–Trinajstić information content (AvgIpc) is 2.19. The minimum absolute atomic E-state index is 0.0531. The van der Waals surface area contributed by atoms with Crippen molar-refractivity contribution >= 4 is 11.6 Å². The number of Topliss-reactive ketones (excluding diaryl/α,β-unsaturated/α-hetero) is 2. The van der Waals surface area contributed by atoms with Gasteiger partial charge in [0.1, 0.15) is 11.6 Å². The van der Waals surface area contributed by atoms with Gasteiger partial charge in [-0.05, 0) is 12.8 Å². The lowest BCUT2D eigenvalue weighted by Gasteiger charge is -2.20. The molecule has 0 aromatic rings. The van der Waals surface area contributed by atoms with Crippen molar-refractivity contribution in [2.24, 2.45) is 16.6 Å². The van der Waals surface area contributed by atoms with Gasteiger partial charge in [0.2, 0.25) is 0 Å². The zero-order valence-corrected chi connectivity index (χ0v) is 12.8. The van der Waals surface area contributed by atoms with Crippen LogP contribution in [-0.2, 0) is 9.59 Å². The summed E-state index contributed by atoms with van der Waals surface area (Å²) in [6.07, 6.45) is 2.36. The van der Waals surface area contributed by atoms with Gasteiger partial charge in [0.05, 0.1) is 0 Å². The van der Waals surface area contributed by atoms with E-state index in [-0.39, 0.29) is 28.4 Å². The molecule has 0 atom stereocenters. The third-order valence-corrected chi connectivity index (χ3v) is 3.16. The molecule has 0 amide bonds. The van der Waals surface area contributed by atoms with Crippen molar-refractivity contribution in [3.05, 3.63) is 0 Å². The molecule has 0 unspecified atom stereocenters. The van der Waals surface area contributed by atoms with Crippen molar-refractivity contribution in [2.75, 3.05) is 0 Å². The molecule has 0 radical (unpaired) electrons. The van der Waals surface area contributed by atoms with E-state index >= 15 is 0 Å². The van der Waals surface area contributed by atoms with E-state index in [9.17, 15) is 9.59 Å². The van der Waals surface area contributed by atoms with Crippen LogP contribution in [0.25, 0.3) is 0 Å². The Balaban J connectivity index is 3.97. The highest BCUT2D eigenvalue weighted by atomic mass is 16.1. The molecule has 0 spiro atoms. The van der Waals surface area contributed by atoms with E-state index in [0.29, 0.717) is 25.7 Å². The van der Waals surface area contributed by atoms with Gasteiger partial charge in [-0.3, -0.25) is 9.59 Å². The second-order valence-corrected chi connectivity index (χ2v) is 7.18. The number of rotatable bonds is 6. The predicted molar refractivity (Wildman–Crippen MR) is 75.4 cm³/mol. The molecule has 0 aromatic carbocycles. The summed E-state index contributed by atoms with van der Waals surface area (Å²) in [5.74, 6) is 0.472. The van der Waals surface area contributed by atoms with Crippen molar-refractivity contribution in [1.29, 1.82) is 0 Å². The van der Waals surface area contributed by atoms with Gasteiger partial charge in [0, 0.05) is 29.7 Å². The standard InChI is InChI=1S/C15H29NO2/c1-14(2,3)12(17)9-7-11(16)8-10-13(18)15(4,5)6/h11H,7-10,16H2,1-6H3. The van der Waals surface area contributed by atoms with Crippen LogP contribution < -0.4 is 5.73 Å².